The molecule has 0 N–H and O–H groups in total. The molecule has 0 bridgehead atoms. The van der Waals surface area contributed by atoms with Crippen molar-refractivity contribution in [3.63, 3.8) is 0 Å². The Labute approximate surface area is 270 Å². The second kappa shape index (κ2) is 13.6. The van der Waals surface area contributed by atoms with Crippen molar-refractivity contribution in [2.75, 3.05) is 7.05 Å². The molecule has 6 aliphatic carbocycles. The standard InChI is InChI=1S/C33H57NSi.2CH3.2ClH.Zr/c1-21-17-18-28-26(20-21)29-30(34(28)3)27-16-10-11-19-33(27,2)32(29)35(4,5)31-24-14-8-6-12-22(24)23-13-7-9-15-25(23)31;;;;;/h21-32H,6-20H2,1-5H3;2*1H3;2*1H;/q;2*-1;;;+4/p-2. The second-order valence-electron chi connectivity index (χ2n) is 16.4. The normalized spacial score (nSPS) is 49.4. The van der Waals surface area contributed by atoms with E-state index in [1.165, 1.54) is 25.7 Å². The van der Waals surface area contributed by atoms with Gasteiger partial charge in [0.1, 0.15) is 0 Å². The van der Waals surface area contributed by atoms with Crippen LogP contribution >= 0.6 is 17.0 Å². The zero-order valence-corrected chi connectivity index (χ0v) is 32.2. The number of nitrogens with zero attached hydrogens (tertiary/aromatic N) is 1. The summed E-state index contributed by atoms with van der Waals surface area (Å²) in [6, 6.07) is 1.86. The van der Waals surface area contributed by atoms with Gasteiger partial charge in [0.05, 0.1) is 8.07 Å². The number of likely N-dealkylation sites (tertiary alicyclic amines) is 1. The van der Waals surface area contributed by atoms with E-state index in [9.17, 15) is 0 Å². The Bertz CT molecular complexity index is 818. The van der Waals surface area contributed by atoms with E-state index in [1.807, 2.05) is 0 Å². The third-order valence-electron chi connectivity index (χ3n) is 14.7. The van der Waals surface area contributed by atoms with E-state index in [0.29, 0.717) is 5.41 Å². The number of hydrogen-bond donors (Lipinski definition) is 0. The van der Waals surface area contributed by atoms with Crippen molar-refractivity contribution in [2.24, 2.45) is 52.8 Å². The van der Waals surface area contributed by atoms with Gasteiger partial charge in [-0.15, -0.1) is 0 Å². The Morgan fingerprint density at radius 3 is 1.85 bits per heavy atom. The van der Waals surface area contributed by atoms with Crippen LogP contribution in [0.5, 0.6) is 0 Å². The summed E-state index contributed by atoms with van der Waals surface area (Å²) >= 11 is -0.826. The molecule has 5 heteroatoms. The molecular weight excluding hydrogens is 625 g/mol. The fraction of sp³-hybridized carbons (Fsp3) is 0.943. The number of hydrogen-bond acceptors (Lipinski definition) is 1. The minimum atomic E-state index is -1.47. The molecule has 1 saturated heterocycles. The Kier molecular flexibility index (Phi) is 11.7. The summed E-state index contributed by atoms with van der Waals surface area (Å²) in [4.78, 5) is 3.04. The molecule has 0 aromatic heterocycles. The number of fused-ring (bicyclic) bond motifs is 8. The van der Waals surface area contributed by atoms with E-state index in [4.69, 9.17) is 17.0 Å². The molecule has 0 radical (unpaired) electrons. The van der Waals surface area contributed by atoms with Crippen LogP contribution in [0, 0.1) is 67.6 Å². The van der Waals surface area contributed by atoms with Crippen LogP contribution in [0.4, 0.5) is 0 Å². The van der Waals surface area contributed by atoms with Crippen molar-refractivity contribution in [1.82, 2.24) is 4.90 Å². The maximum atomic E-state index is 4.93. The maximum absolute atomic E-state index is 4.93. The van der Waals surface area contributed by atoms with Crippen LogP contribution in [-0.4, -0.2) is 32.1 Å². The molecule has 0 aromatic rings. The molecule has 7 fully saturated rings. The van der Waals surface area contributed by atoms with Gasteiger partial charge in [0.15, 0.2) is 0 Å². The van der Waals surface area contributed by atoms with Gasteiger partial charge in [-0.25, -0.2) is 0 Å². The summed E-state index contributed by atoms with van der Waals surface area (Å²) in [6.45, 7) is 11.5. The van der Waals surface area contributed by atoms with E-state index in [-0.39, 0.29) is 14.9 Å². The quantitative estimate of drug-likeness (QED) is 0.206. The predicted molar refractivity (Wildman–Crippen MR) is 176 cm³/mol. The molecule has 1 heterocycles. The van der Waals surface area contributed by atoms with Gasteiger partial charge in [-0.05, 0) is 116 Å². The first kappa shape index (κ1) is 34.5. The summed E-state index contributed by atoms with van der Waals surface area (Å²) in [5.41, 5.74) is 2.91. The fourth-order valence-corrected chi connectivity index (χ4v) is 21.1. The predicted octanol–water partition coefficient (Wildman–Crippen LogP) is 11.3. The van der Waals surface area contributed by atoms with Gasteiger partial charge >= 0.3 is 37.9 Å². The van der Waals surface area contributed by atoms with E-state index >= 15 is 0 Å². The second-order valence-corrected chi connectivity index (χ2v) is 25.0. The van der Waals surface area contributed by atoms with Crippen LogP contribution in [0.1, 0.15) is 110 Å². The molecule has 0 spiro atoms. The molecule has 12 atom stereocenters. The van der Waals surface area contributed by atoms with Gasteiger partial charge in [-0.2, -0.15) is 0 Å². The molecule has 0 amide bonds. The van der Waals surface area contributed by atoms with E-state index in [1.54, 1.807) is 70.6 Å². The Morgan fingerprint density at radius 1 is 0.750 bits per heavy atom. The van der Waals surface area contributed by atoms with E-state index in [2.05, 4.69) is 38.9 Å². The van der Waals surface area contributed by atoms with Crippen LogP contribution in [-0.2, 0) is 20.8 Å². The summed E-state index contributed by atoms with van der Waals surface area (Å²) in [7, 11) is 11.0. The molecule has 6 saturated carbocycles. The third kappa shape index (κ3) is 5.41. The van der Waals surface area contributed by atoms with Crippen molar-refractivity contribution in [3.8, 4) is 0 Å². The van der Waals surface area contributed by atoms with Gasteiger partial charge in [-0.3, -0.25) is 4.90 Å². The van der Waals surface area contributed by atoms with E-state index in [0.717, 1.165) is 70.5 Å². The molecule has 230 valence electrons. The average Bonchev–Trinajstić information content (AvgIpc) is 3.48. The monoisotopic (exact) mass is 685 g/mol. The zero-order chi connectivity index (χ0) is 26.8. The van der Waals surface area contributed by atoms with Crippen LogP contribution in [0.3, 0.4) is 0 Å². The van der Waals surface area contributed by atoms with Crippen molar-refractivity contribution in [1.29, 1.82) is 0 Å². The Balaban J connectivity index is 0.000000710. The number of rotatable bonds is 2. The van der Waals surface area contributed by atoms with Crippen molar-refractivity contribution < 1.29 is 20.8 Å². The molecule has 1 aliphatic heterocycles. The first-order valence-electron chi connectivity index (χ1n) is 16.9. The topological polar surface area (TPSA) is 3.24 Å². The fourth-order valence-electron chi connectivity index (χ4n) is 14.1. The summed E-state index contributed by atoms with van der Waals surface area (Å²) in [5.74, 6) is 8.58. The Morgan fingerprint density at radius 2 is 1.27 bits per heavy atom. The molecule has 7 rings (SSSR count). The number of halogens is 2. The molecular formula is C35H63Cl2NSiZr. The van der Waals surface area contributed by atoms with Crippen LogP contribution in [0.25, 0.3) is 0 Å². The average molecular weight is 688 g/mol. The third-order valence-corrected chi connectivity index (χ3v) is 19.9. The summed E-state index contributed by atoms with van der Waals surface area (Å²) < 4.78 is 0. The molecule has 40 heavy (non-hydrogen) atoms. The van der Waals surface area contributed by atoms with Gasteiger partial charge in [0, 0.05) is 12.1 Å². The van der Waals surface area contributed by atoms with Crippen molar-refractivity contribution in [3.05, 3.63) is 14.9 Å². The van der Waals surface area contributed by atoms with Crippen LogP contribution in [0.15, 0.2) is 0 Å². The van der Waals surface area contributed by atoms with Gasteiger partial charge < -0.3 is 14.9 Å². The molecule has 0 aromatic carbocycles. The van der Waals surface area contributed by atoms with E-state index < -0.39 is 28.9 Å². The van der Waals surface area contributed by atoms with Crippen LogP contribution < -0.4 is 0 Å². The summed E-state index contributed by atoms with van der Waals surface area (Å²) in [5, 5.41) is 0. The first-order chi connectivity index (χ1) is 18.3. The van der Waals surface area contributed by atoms with Crippen LogP contribution in [0.2, 0.25) is 24.2 Å². The minimum absolute atomic E-state index is 0. The Hall–Kier alpha value is 1.64. The summed E-state index contributed by atoms with van der Waals surface area (Å²) in [6.07, 6.45) is 23.4. The molecule has 7 aliphatic rings. The van der Waals surface area contributed by atoms with Gasteiger partial charge in [0.2, 0.25) is 0 Å². The van der Waals surface area contributed by atoms with Gasteiger partial charge in [0.25, 0.3) is 0 Å². The molecule has 1 nitrogen and oxygen atoms in total. The van der Waals surface area contributed by atoms with Gasteiger partial charge in [-0.1, -0.05) is 78.3 Å². The SMILES string of the molecule is CC1CCC2C(C1)C1C(C3CCCCC3(C)C1[Si](C)(C)C1C3CCCCC3C3CCCCC31)N2C.[CH3-].[CH3-].[Cl][Zr+2][Cl]. The molecule has 12 unspecified atom stereocenters. The zero-order valence-electron chi connectivity index (χ0n) is 27.2. The van der Waals surface area contributed by atoms with Crippen molar-refractivity contribution in [2.45, 2.75) is 146 Å². The first-order valence-corrected chi connectivity index (χ1v) is 26.4. The van der Waals surface area contributed by atoms with Crippen molar-refractivity contribution >= 4 is 25.1 Å².